The molecule has 2 heteroatoms. The summed E-state index contributed by atoms with van der Waals surface area (Å²) < 4.78 is 12.5. The largest absolute Gasteiger partial charge is 0.317 e. The third-order valence-electron chi connectivity index (χ3n) is 2.27. The van der Waals surface area contributed by atoms with E-state index in [1.165, 1.54) is 17.7 Å². The Bertz CT molecular complexity index is 243. The first-order valence-electron chi connectivity index (χ1n) is 4.64. The highest BCUT2D eigenvalue weighted by molar-refractivity contribution is 5.16. The number of hydrogen-bond acceptors (Lipinski definition) is 1. The van der Waals surface area contributed by atoms with Crippen molar-refractivity contribution in [2.45, 2.75) is 25.8 Å². The van der Waals surface area contributed by atoms with Gasteiger partial charge in [-0.2, -0.15) is 0 Å². The van der Waals surface area contributed by atoms with Gasteiger partial charge in [0.2, 0.25) is 0 Å². The van der Waals surface area contributed by atoms with Crippen molar-refractivity contribution in [3.63, 3.8) is 0 Å². The number of halogens is 1. The number of aryl methyl sites for hydroxylation is 1. The third-order valence-corrected chi connectivity index (χ3v) is 2.27. The zero-order chi connectivity index (χ0) is 9.68. The van der Waals surface area contributed by atoms with Crippen molar-refractivity contribution in [2.24, 2.45) is 0 Å². The van der Waals surface area contributed by atoms with Gasteiger partial charge in [-0.05, 0) is 44.5 Å². The fraction of sp³-hybridized carbons (Fsp3) is 0.455. The van der Waals surface area contributed by atoms with Crippen molar-refractivity contribution in [1.82, 2.24) is 5.32 Å². The van der Waals surface area contributed by atoms with Crippen molar-refractivity contribution in [3.8, 4) is 0 Å². The minimum absolute atomic E-state index is 0.162. The minimum Gasteiger partial charge on any atom is -0.317 e. The van der Waals surface area contributed by atoms with Gasteiger partial charge in [0.1, 0.15) is 5.82 Å². The number of hydrogen-bond donors (Lipinski definition) is 1. The molecular weight excluding hydrogens is 165 g/mol. The smallest absolute Gasteiger partial charge is 0.123 e. The molecule has 0 amide bonds. The Balaban J connectivity index is 2.41. The molecule has 0 radical (unpaired) electrons. The Labute approximate surface area is 79.0 Å². The maximum absolute atomic E-state index is 12.5. The molecule has 1 aromatic carbocycles. The van der Waals surface area contributed by atoms with Crippen LogP contribution in [0.15, 0.2) is 24.3 Å². The summed E-state index contributed by atoms with van der Waals surface area (Å²) in [7, 11) is 1.95. The molecule has 0 saturated carbocycles. The molecular formula is C11H16FN. The van der Waals surface area contributed by atoms with E-state index in [0.29, 0.717) is 6.04 Å². The molecule has 0 aliphatic heterocycles. The number of rotatable bonds is 4. The molecule has 0 fully saturated rings. The van der Waals surface area contributed by atoms with Gasteiger partial charge in [0.15, 0.2) is 0 Å². The molecule has 13 heavy (non-hydrogen) atoms. The Morgan fingerprint density at radius 3 is 2.46 bits per heavy atom. The van der Waals surface area contributed by atoms with Crippen LogP contribution in [0.25, 0.3) is 0 Å². The van der Waals surface area contributed by atoms with Crippen LogP contribution in [0.3, 0.4) is 0 Å². The second kappa shape index (κ2) is 4.97. The molecule has 1 aromatic rings. The van der Waals surface area contributed by atoms with Crippen LogP contribution in [-0.4, -0.2) is 13.1 Å². The first-order valence-corrected chi connectivity index (χ1v) is 4.64. The molecule has 1 nitrogen and oxygen atoms in total. The summed E-state index contributed by atoms with van der Waals surface area (Å²) >= 11 is 0. The molecule has 0 aliphatic carbocycles. The summed E-state index contributed by atoms with van der Waals surface area (Å²) in [4.78, 5) is 0. The highest BCUT2D eigenvalue weighted by Crippen LogP contribution is 2.06. The van der Waals surface area contributed by atoms with Crippen LogP contribution in [0.5, 0.6) is 0 Å². The highest BCUT2D eigenvalue weighted by atomic mass is 19.1. The predicted octanol–water partition coefficient (Wildman–Crippen LogP) is 2.37. The lowest BCUT2D eigenvalue weighted by Crippen LogP contribution is -2.21. The summed E-state index contributed by atoms with van der Waals surface area (Å²) in [5.74, 6) is -0.162. The van der Waals surface area contributed by atoms with Gasteiger partial charge in [-0.15, -0.1) is 0 Å². The molecule has 1 N–H and O–H groups in total. The van der Waals surface area contributed by atoms with Crippen molar-refractivity contribution in [3.05, 3.63) is 35.6 Å². The number of nitrogens with one attached hydrogen (secondary N) is 1. The second-order valence-corrected chi connectivity index (χ2v) is 3.35. The molecule has 1 atom stereocenters. The Morgan fingerprint density at radius 2 is 1.92 bits per heavy atom. The molecule has 0 aliphatic rings. The summed E-state index contributed by atoms with van der Waals surface area (Å²) in [5, 5.41) is 3.17. The SMILES string of the molecule is CNC(C)CCc1ccc(F)cc1. The van der Waals surface area contributed by atoms with E-state index in [9.17, 15) is 4.39 Å². The van der Waals surface area contributed by atoms with E-state index < -0.39 is 0 Å². The van der Waals surface area contributed by atoms with Crippen LogP contribution in [0, 0.1) is 5.82 Å². The van der Waals surface area contributed by atoms with Gasteiger partial charge in [0.25, 0.3) is 0 Å². The first-order chi connectivity index (χ1) is 6.22. The molecule has 0 heterocycles. The van der Waals surface area contributed by atoms with E-state index in [-0.39, 0.29) is 5.82 Å². The van der Waals surface area contributed by atoms with Crippen molar-refractivity contribution < 1.29 is 4.39 Å². The van der Waals surface area contributed by atoms with Gasteiger partial charge in [0.05, 0.1) is 0 Å². The second-order valence-electron chi connectivity index (χ2n) is 3.35. The van der Waals surface area contributed by atoms with Crippen LogP contribution in [0.4, 0.5) is 4.39 Å². The van der Waals surface area contributed by atoms with Gasteiger partial charge in [-0.3, -0.25) is 0 Å². The molecule has 0 bridgehead atoms. The van der Waals surface area contributed by atoms with Crippen molar-refractivity contribution in [2.75, 3.05) is 7.05 Å². The van der Waals surface area contributed by atoms with Crippen LogP contribution < -0.4 is 5.32 Å². The lowest BCUT2D eigenvalue weighted by atomic mass is 10.1. The average Bonchev–Trinajstić information content (AvgIpc) is 2.16. The Morgan fingerprint density at radius 1 is 1.31 bits per heavy atom. The van der Waals surface area contributed by atoms with Gasteiger partial charge in [-0.1, -0.05) is 12.1 Å². The van der Waals surface area contributed by atoms with E-state index in [1.54, 1.807) is 0 Å². The topological polar surface area (TPSA) is 12.0 Å². The molecule has 1 unspecified atom stereocenters. The zero-order valence-electron chi connectivity index (χ0n) is 8.18. The third kappa shape index (κ3) is 3.55. The Hall–Kier alpha value is -0.890. The van der Waals surface area contributed by atoms with Crippen LogP contribution in [0.2, 0.25) is 0 Å². The van der Waals surface area contributed by atoms with Crippen molar-refractivity contribution >= 4 is 0 Å². The number of benzene rings is 1. The molecule has 72 valence electrons. The minimum atomic E-state index is -0.162. The zero-order valence-corrected chi connectivity index (χ0v) is 8.18. The van der Waals surface area contributed by atoms with Gasteiger partial charge >= 0.3 is 0 Å². The average molecular weight is 181 g/mol. The van der Waals surface area contributed by atoms with Crippen LogP contribution in [0.1, 0.15) is 18.9 Å². The normalized spacial score (nSPS) is 12.8. The van der Waals surface area contributed by atoms with E-state index >= 15 is 0 Å². The summed E-state index contributed by atoms with van der Waals surface area (Å²) in [6, 6.07) is 7.24. The fourth-order valence-electron chi connectivity index (χ4n) is 1.18. The van der Waals surface area contributed by atoms with E-state index in [2.05, 4.69) is 12.2 Å². The maximum Gasteiger partial charge on any atom is 0.123 e. The first kappa shape index (κ1) is 10.2. The fourth-order valence-corrected chi connectivity index (χ4v) is 1.18. The van der Waals surface area contributed by atoms with Crippen molar-refractivity contribution in [1.29, 1.82) is 0 Å². The highest BCUT2D eigenvalue weighted by Gasteiger charge is 1.99. The molecule has 0 spiro atoms. The van der Waals surface area contributed by atoms with Crippen LogP contribution >= 0.6 is 0 Å². The monoisotopic (exact) mass is 181 g/mol. The summed E-state index contributed by atoms with van der Waals surface area (Å²) in [5.41, 5.74) is 1.20. The summed E-state index contributed by atoms with van der Waals surface area (Å²) in [6.45, 7) is 2.14. The summed E-state index contributed by atoms with van der Waals surface area (Å²) in [6.07, 6.45) is 2.09. The van der Waals surface area contributed by atoms with Gasteiger partial charge in [0, 0.05) is 6.04 Å². The van der Waals surface area contributed by atoms with Crippen LogP contribution in [-0.2, 0) is 6.42 Å². The standard InChI is InChI=1S/C11H16FN/c1-9(13-2)3-4-10-5-7-11(12)8-6-10/h5-9,13H,3-4H2,1-2H3. The molecule has 0 aromatic heterocycles. The van der Waals surface area contributed by atoms with E-state index in [4.69, 9.17) is 0 Å². The Kier molecular flexibility index (Phi) is 3.90. The quantitative estimate of drug-likeness (QED) is 0.752. The van der Waals surface area contributed by atoms with E-state index in [1.807, 2.05) is 19.2 Å². The van der Waals surface area contributed by atoms with Gasteiger partial charge < -0.3 is 5.32 Å². The molecule has 0 saturated heterocycles. The van der Waals surface area contributed by atoms with E-state index in [0.717, 1.165) is 12.8 Å². The molecule has 1 rings (SSSR count). The lowest BCUT2D eigenvalue weighted by molar-refractivity contribution is 0.564. The van der Waals surface area contributed by atoms with Gasteiger partial charge in [-0.25, -0.2) is 4.39 Å². The lowest BCUT2D eigenvalue weighted by Gasteiger charge is -2.09. The maximum atomic E-state index is 12.5. The predicted molar refractivity (Wildman–Crippen MR) is 53.2 cm³/mol.